The average Bonchev–Trinajstić information content (AvgIpc) is 2.41. The number of allylic oxidation sites excluding steroid dienone is 1. The van der Waals surface area contributed by atoms with E-state index in [1.54, 1.807) is 0 Å². The van der Waals surface area contributed by atoms with Crippen molar-refractivity contribution in [2.45, 2.75) is 45.6 Å². The Morgan fingerprint density at radius 2 is 1.94 bits per heavy atom. The predicted octanol–water partition coefficient (Wildman–Crippen LogP) is 3.97. The van der Waals surface area contributed by atoms with E-state index in [0.29, 0.717) is 0 Å². The maximum atomic E-state index is 11.7. The van der Waals surface area contributed by atoms with Crippen molar-refractivity contribution in [3.8, 4) is 0 Å². The van der Waals surface area contributed by atoms with Crippen LogP contribution in [0.1, 0.15) is 45.1 Å². The van der Waals surface area contributed by atoms with E-state index in [1.807, 2.05) is 18.2 Å². The molecule has 1 fully saturated rings. The molecule has 1 atom stereocenters. The Bertz CT molecular complexity index is 445. The monoisotopic (exact) mass is 244 g/mol. The summed E-state index contributed by atoms with van der Waals surface area (Å²) in [6, 6.07) is 10.2. The fraction of sp³-hybridized carbons (Fsp3) is 0.438. The Kier molecular flexibility index (Phi) is 4.19. The summed E-state index contributed by atoms with van der Waals surface area (Å²) < 4.78 is 5.19. The first-order valence-corrected chi connectivity index (χ1v) is 6.77. The van der Waals surface area contributed by atoms with Crippen LogP contribution in [0.3, 0.4) is 0 Å². The van der Waals surface area contributed by atoms with E-state index in [-0.39, 0.29) is 12.1 Å². The zero-order valence-corrected chi connectivity index (χ0v) is 11.1. The molecule has 96 valence electrons. The molecule has 0 unspecified atom stereocenters. The van der Waals surface area contributed by atoms with Crippen LogP contribution in [0.2, 0.25) is 0 Å². The quantitative estimate of drug-likeness (QED) is 0.578. The minimum absolute atomic E-state index is 0.00422. The fourth-order valence-corrected chi connectivity index (χ4v) is 2.36. The summed E-state index contributed by atoms with van der Waals surface area (Å²) in [7, 11) is 0. The van der Waals surface area contributed by atoms with Crippen molar-refractivity contribution >= 4 is 11.5 Å². The van der Waals surface area contributed by atoms with Crippen molar-refractivity contribution < 1.29 is 9.53 Å². The molecule has 2 heteroatoms. The number of hydrogen-bond donors (Lipinski definition) is 0. The van der Waals surface area contributed by atoms with Gasteiger partial charge in [0.1, 0.15) is 6.10 Å². The number of benzene rings is 1. The number of hydrogen-bond acceptors (Lipinski definition) is 2. The number of ether oxygens (including phenoxy) is 1. The normalized spacial score (nSPS) is 21.2. The Hall–Kier alpha value is -1.57. The molecule has 0 aliphatic carbocycles. The van der Waals surface area contributed by atoms with Crippen molar-refractivity contribution in [1.29, 1.82) is 0 Å². The van der Waals surface area contributed by atoms with Crippen LogP contribution < -0.4 is 0 Å². The molecule has 2 nitrogen and oxygen atoms in total. The molecule has 0 N–H and O–H groups in total. The SMILES string of the molecule is CCCC/C(=C1\C(=O)O[C@H]1CC)c1ccccc1. The van der Waals surface area contributed by atoms with Gasteiger partial charge in [-0.15, -0.1) is 0 Å². The highest BCUT2D eigenvalue weighted by Gasteiger charge is 2.37. The van der Waals surface area contributed by atoms with Gasteiger partial charge in [-0.2, -0.15) is 0 Å². The topological polar surface area (TPSA) is 26.3 Å². The minimum atomic E-state index is -0.128. The van der Waals surface area contributed by atoms with Gasteiger partial charge in [0.15, 0.2) is 0 Å². The van der Waals surface area contributed by atoms with Crippen molar-refractivity contribution in [2.24, 2.45) is 0 Å². The molecule has 0 radical (unpaired) electrons. The van der Waals surface area contributed by atoms with Crippen LogP contribution in [0.15, 0.2) is 35.9 Å². The van der Waals surface area contributed by atoms with Crippen LogP contribution >= 0.6 is 0 Å². The highest BCUT2D eigenvalue weighted by Crippen LogP contribution is 2.34. The zero-order chi connectivity index (χ0) is 13.0. The molecular weight excluding hydrogens is 224 g/mol. The summed E-state index contributed by atoms with van der Waals surface area (Å²) in [4.78, 5) is 11.7. The minimum Gasteiger partial charge on any atom is -0.454 e. The van der Waals surface area contributed by atoms with Gasteiger partial charge in [-0.05, 0) is 30.4 Å². The summed E-state index contributed by atoms with van der Waals surface area (Å²) in [5.74, 6) is -0.128. The number of esters is 1. The van der Waals surface area contributed by atoms with Crippen LogP contribution in [0.5, 0.6) is 0 Å². The molecule has 0 aromatic heterocycles. The van der Waals surface area contributed by atoms with Gasteiger partial charge in [0.05, 0.1) is 5.57 Å². The number of unbranched alkanes of at least 4 members (excludes halogenated alkanes) is 1. The smallest absolute Gasteiger partial charge is 0.338 e. The Balaban J connectivity index is 2.36. The second-order valence-electron chi connectivity index (χ2n) is 4.66. The maximum Gasteiger partial charge on any atom is 0.338 e. The Morgan fingerprint density at radius 3 is 2.50 bits per heavy atom. The van der Waals surface area contributed by atoms with E-state index < -0.39 is 0 Å². The van der Waals surface area contributed by atoms with Crippen molar-refractivity contribution in [3.63, 3.8) is 0 Å². The molecule has 1 aliphatic heterocycles. The molecule has 1 heterocycles. The van der Waals surface area contributed by atoms with Gasteiger partial charge in [-0.3, -0.25) is 0 Å². The lowest BCUT2D eigenvalue weighted by atomic mass is 9.89. The molecule has 0 spiro atoms. The zero-order valence-electron chi connectivity index (χ0n) is 11.1. The van der Waals surface area contributed by atoms with Crippen LogP contribution in [-0.2, 0) is 9.53 Å². The van der Waals surface area contributed by atoms with E-state index in [9.17, 15) is 4.79 Å². The summed E-state index contributed by atoms with van der Waals surface area (Å²) >= 11 is 0. The molecule has 0 saturated carbocycles. The first kappa shape index (κ1) is 12.9. The molecule has 0 amide bonds. The number of carbonyl (C=O) groups is 1. The molecule has 0 bridgehead atoms. The maximum absolute atomic E-state index is 11.7. The van der Waals surface area contributed by atoms with E-state index in [4.69, 9.17) is 4.74 Å². The fourth-order valence-electron chi connectivity index (χ4n) is 2.36. The first-order chi connectivity index (χ1) is 8.77. The van der Waals surface area contributed by atoms with Gasteiger partial charge in [-0.1, -0.05) is 50.6 Å². The largest absolute Gasteiger partial charge is 0.454 e. The van der Waals surface area contributed by atoms with Crippen LogP contribution in [0.4, 0.5) is 0 Å². The third-order valence-corrected chi connectivity index (χ3v) is 3.39. The number of cyclic esters (lactones) is 1. The standard InChI is InChI=1S/C16H20O2/c1-3-5-11-13(12-9-7-6-8-10-12)15-14(4-2)18-16(15)17/h6-10,14H,3-5,11H2,1-2H3/b15-13+/t14-/m0/s1. The van der Waals surface area contributed by atoms with Gasteiger partial charge in [0.2, 0.25) is 0 Å². The molecular formula is C16H20O2. The second-order valence-corrected chi connectivity index (χ2v) is 4.66. The highest BCUT2D eigenvalue weighted by atomic mass is 16.6. The highest BCUT2D eigenvalue weighted by molar-refractivity contribution is 6.03. The van der Waals surface area contributed by atoms with Crippen molar-refractivity contribution in [1.82, 2.24) is 0 Å². The van der Waals surface area contributed by atoms with E-state index in [2.05, 4.69) is 26.0 Å². The molecule has 2 rings (SSSR count). The second kappa shape index (κ2) is 5.85. The van der Waals surface area contributed by atoms with Gasteiger partial charge < -0.3 is 4.74 Å². The van der Waals surface area contributed by atoms with Crippen molar-refractivity contribution in [2.75, 3.05) is 0 Å². The molecule has 1 aromatic carbocycles. The van der Waals surface area contributed by atoms with Crippen LogP contribution in [0, 0.1) is 0 Å². The first-order valence-electron chi connectivity index (χ1n) is 6.77. The van der Waals surface area contributed by atoms with Crippen LogP contribution in [0.25, 0.3) is 5.57 Å². The van der Waals surface area contributed by atoms with E-state index >= 15 is 0 Å². The Labute approximate surface area is 109 Å². The molecule has 1 aliphatic rings. The summed E-state index contributed by atoms with van der Waals surface area (Å²) in [5, 5.41) is 0. The van der Waals surface area contributed by atoms with Crippen molar-refractivity contribution in [3.05, 3.63) is 41.5 Å². The Morgan fingerprint density at radius 1 is 1.22 bits per heavy atom. The number of rotatable bonds is 5. The lowest BCUT2D eigenvalue weighted by molar-refractivity contribution is -0.155. The average molecular weight is 244 g/mol. The third kappa shape index (κ3) is 2.47. The van der Waals surface area contributed by atoms with Gasteiger partial charge in [-0.25, -0.2) is 4.79 Å². The predicted molar refractivity (Wildman–Crippen MR) is 73.1 cm³/mol. The molecule has 18 heavy (non-hydrogen) atoms. The summed E-state index contributed by atoms with van der Waals surface area (Å²) in [6.07, 6.45) is 4.07. The lowest BCUT2D eigenvalue weighted by Gasteiger charge is -2.31. The van der Waals surface area contributed by atoms with Crippen LogP contribution in [-0.4, -0.2) is 12.1 Å². The van der Waals surface area contributed by atoms with Gasteiger partial charge in [0.25, 0.3) is 0 Å². The molecule has 1 aromatic rings. The number of carbonyl (C=O) groups excluding carboxylic acids is 1. The lowest BCUT2D eigenvalue weighted by Crippen LogP contribution is -2.37. The van der Waals surface area contributed by atoms with Gasteiger partial charge in [0, 0.05) is 0 Å². The van der Waals surface area contributed by atoms with E-state index in [1.165, 1.54) is 5.57 Å². The van der Waals surface area contributed by atoms with E-state index in [0.717, 1.165) is 36.8 Å². The summed E-state index contributed by atoms with van der Waals surface area (Å²) in [5.41, 5.74) is 3.24. The van der Waals surface area contributed by atoms with Gasteiger partial charge >= 0.3 is 5.97 Å². The molecule has 1 saturated heterocycles. The summed E-state index contributed by atoms with van der Waals surface area (Å²) in [6.45, 7) is 4.23. The third-order valence-electron chi connectivity index (χ3n) is 3.39.